The maximum atomic E-state index is 14.9. The van der Waals surface area contributed by atoms with Crippen LogP contribution in [0.15, 0.2) is 47.5 Å². The zero-order valence-electron chi connectivity index (χ0n) is 17.5. The molecule has 1 unspecified atom stereocenters. The molecule has 6 heteroatoms. The number of H-pyrrole nitrogens is 1. The van der Waals surface area contributed by atoms with Crippen LogP contribution in [0.5, 0.6) is 5.75 Å². The highest BCUT2D eigenvalue weighted by atomic mass is 19.1. The third-order valence-corrected chi connectivity index (χ3v) is 5.63. The monoisotopic (exact) mass is 405 g/mol. The molecule has 0 aliphatic rings. The molecular formula is C24H24FN3O2. The minimum Gasteiger partial charge on any atom is -0.504 e. The number of aromatic amines is 1. The number of aromatic nitrogens is 2. The number of halogens is 1. The van der Waals surface area contributed by atoms with Crippen LogP contribution < -0.4 is 5.56 Å². The number of hydrogen-bond acceptors (Lipinski definition) is 4. The minimum absolute atomic E-state index is 0.199. The van der Waals surface area contributed by atoms with Crippen molar-refractivity contribution in [1.82, 2.24) is 14.9 Å². The molecule has 0 aliphatic carbocycles. The summed E-state index contributed by atoms with van der Waals surface area (Å²) >= 11 is 0. The number of phenols is 1. The summed E-state index contributed by atoms with van der Waals surface area (Å²) in [7, 11) is 4.06. The average molecular weight is 405 g/mol. The van der Waals surface area contributed by atoms with Crippen molar-refractivity contribution in [3.8, 4) is 16.9 Å². The summed E-state index contributed by atoms with van der Waals surface area (Å²) in [6, 6.07) is 9.40. The van der Waals surface area contributed by atoms with Crippen LogP contribution in [0, 0.1) is 12.7 Å². The van der Waals surface area contributed by atoms with Crippen LogP contribution in [-0.2, 0) is 0 Å². The van der Waals surface area contributed by atoms with Crippen LogP contribution in [0.1, 0.15) is 24.0 Å². The molecule has 2 heterocycles. The minimum atomic E-state index is -0.735. The fourth-order valence-corrected chi connectivity index (χ4v) is 4.14. The Hall–Kier alpha value is -3.25. The highest BCUT2D eigenvalue weighted by Gasteiger charge is 2.22. The Morgan fingerprint density at radius 3 is 2.53 bits per heavy atom. The molecule has 0 spiro atoms. The van der Waals surface area contributed by atoms with Crippen LogP contribution in [0.4, 0.5) is 4.39 Å². The number of phenolic OH excluding ortho intramolecular Hbond substituents is 1. The highest BCUT2D eigenvalue weighted by Crippen LogP contribution is 2.42. The lowest BCUT2D eigenvalue weighted by atomic mass is 9.92. The molecule has 2 N–H and O–H groups in total. The second-order valence-corrected chi connectivity index (χ2v) is 8.07. The number of benzene rings is 2. The van der Waals surface area contributed by atoms with Gasteiger partial charge in [0.05, 0.1) is 10.9 Å². The Kier molecular flexibility index (Phi) is 5.03. The van der Waals surface area contributed by atoms with Gasteiger partial charge in [-0.05, 0) is 44.1 Å². The van der Waals surface area contributed by atoms with E-state index in [1.807, 2.05) is 38.4 Å². The van der Waals surface area contributed by atoms with Crippen molar-refractivity contribution < 1.29 is 9.50 Å². The fraction of sp³-hybridized carbons (Fsp3) is 0.250. The van der Waals surface area contributed by atoms with E-state index >= 15 is 0 Å². The predicted octanol–water partition coefficient (Wildman–Crippen LogP) is 4.56. The summed E-state index contributed by atoms with van der Waals surface area (Å²) in [6.45, 7) is 4.60. The number of rotatable bonds is 4. The van der Waals surface area contributed by atoms with E-state index in [4.69, 9.17) is 0 Å². The molecular weight excluding hydrogens is 381 g/mol. The van der Waals surface area contributed by atoms with Gasteiger partial charge >= 0.3 is 0 Å². The van der Waals surface area contributed by atoms with Crippen molar-refractivity contribution in [2.75, 3.05) is 20.6 Å². The Morgan fingerprint density at radius 2 is 1.87 bits per heavy atom. The zero-order chi connectivity index (χ0) is 21.6. The van der Waals surface area contributed by atoms with Gasteiger partial charge in [0, 0.05) is 40.8 Å². The smallest absolute Gasteiger partial charge is 0.256 e. The van der Waals surface area contributed by atoms with Gasteiger partial charge in [0.1, 0.15) is 0 Å². The molecule has 2 aromatic carbocycles. The van der Waals surface area contributed by atoms with Gasteiger partial charge in [0.25, 0.3) is 5.56 Å². The number of hydrogen-bond donors (Lipinski definition) is 2. The zero-order valence-corrected chi connectivity index (χ0v) is 17.5. The Balaban J connectivity index is 2.01. The van der Waals surface area contributed by atoms with Crippen LogP contribution in [0.25, 0.3) is 32.8 Å². The first-order chi connectivity index (χ1) is 14.3. The molecule has 2 aromatic heterocycles. The quantitative estimate of drug-likeness (QED) is 0.488. The van der Waals surface area contributed by atoms with E-state index in [0.717, 1.165) is 12.1 Å². The van der Waals surface area contributed by atoms with Crippen molar-refractivity contribution in [2.24, 2.45) is 0 Å². The summed E-state index contributed by atoms with van der Waals surface area (Å²) in [5, 5.41) is 12.4. The molecule has 5 nitrogen and oxygen atoms in total. The maximum absolute atomic E-state index is 14.9. The standard InChI is InChI=1S/C24H24FN3O2/c1-13(12-28(3)4)15-5-7-16(8-6-15)19-20-18-11-26-10-9-17(18)24(30)27-22(20)14(2)21(25)23(19)29/h5-11,13,29H,12H2,1-4H3,(H,27,30). The molecule has 4 aromatic rings. The normalized spacial score (nSPS) is 12.7. The van der Waals surface area contributed by atoms with Gasteiger partial charge in [-0.1, -0.05) is 31.2 Å². The average Bonchev–Trinajstić information content (AvgIpc) is 2.73. The van der Waals surface area contributed by atoms with Crippen molar-refractivity contribution in [3.05, 3.63) is 70.0 Å². The molecule has 0 fully saturated rings. The lowest BCUT2D eigenvalue weighted by molar-refractivity contribution is 0.383. The van der Waals surface area contributed by atoms with Gasteiger partial charge in [-0.3, -0.25) is 9.78 Å². The largest absolute Gasteiger partial charge is 0.504 e. The molecule has 0 saturated carbocycles. The van der Waals surface area contributed by atoms with E-state index in [2.05, 4.69) is 21.8 Å². The summed E-state index contributed by atoms with van der Waals surface area (Å²) < 4.78 is 14.9. The number of aryl methyl sites for hydroxylation is 1. The number of pyridine rings is 2. The van der Waals surface area contributed by atoms with Gasteiger partial charge in [0.15, 0.2) is 11.6 Å². The van der Waals surface area contributed by atoms with Gasteiger partial charge in [-0.25, -0.2) is 4.39 Å². The summed E-state index contributed by atoms with van der Waals surface area (Å²) in [5.41, 5.74) is 2.44. The second-order valence-electron chi connectivity index (χ2n) is 8.07. The lowest BCUT2D eigenvalue weighted by Gasteiger charge is -2.18. The van der Waals surface area contributed by atoms with Crippen molar-refractivity contribution in [3.63, 3.8) is 0 Å². The molecule has 0 radical (unpaired) electrons. The Morgan fingerprint density at radius 1 is 1.17 bits per heavy atom. The molecule has 154 valence electrons. The van der Waals surface area contributed by atoms with E-state index in [0.29, 0.717) is 38.7 Å². The van der Waals surface area contributed by atoms with E-state index in [1.54, 1.807) is 25.4 Å². The molecule has 30 heavy (non-hydrogen) atoms. The van der Waals surface area contributed by atoms with E-state index in [9.17, 15) is 14.3 Å². The van der Waals surface area contributed by atoms with Gasteiger partial charge in [0.2, 0.25) is 0 Å². The van der Waals surface area contributed by atoms with Crippen LogP contribution in [0.3, 0.4) is 0 Å². The van der Waals surface area contributed by atoms with Gasteiger partial charge in [-0.2, -0.15) is 0 Å². The van der Waals surface area contributed by atoms with Crippen LogP contribution in [0.2, 0.25) is 0 Å². The molecule has 4 rings (SSSR count). The first kappa shape index (κ1) is 20.0. The third-order valence-electron chi connectivity index (χ3n) is 5.63. The van der Waals surface area contributed by atoms with Crippen LogP contribution >= 0.6 is 0 Å². The summed E-state index contributed by atoms with van der Waals surface area (Å²) in [5.74, 6) is -0.830. The van der Waals surface area contributed by atoms with Crippen molar-refractivity contribution in [2.45, 2.75) is 19.8 Å². The predicted molar refractivity (Wildman–Crippen MR) is 119 cm³/mol. The summed E-state index contributed by atoms with van der Waals surface area (Å²) in [6.07, 6.45) is 3.13. The Bertz CT molecular complexity index is 1310. The molecule has 0 amide bonds. The third kappa shape index (κ3) is 3.23. The second kappa shape index (κ2) is 7.54. The number of likely N-dealkylation sites (N-methyl/N-ethyl adjacent to an activating group) is 1. The molecule has 0 aliphatic heterocycles. The number of aromatic hydroxyl groups is 1. The SMILES string of the molecule is Cc1c(F)c(O)c(-c2ccc(C(C)CN(C)C)cc2)c2c1[nH]c(=O)c1ccncc12. The molecule has 1 atom stereocenters. The number of fused-ring (bicyclic) bond motifs is 3. The first-order valence-corrected chi connectivity index (χ1v) is 9.85. The number of nitrogens with zero attached hydrogens (tertiary/aromatic N) is 2. The van der Waals surface area contributed by atoms with E-state index < -0.39 is 11.6 Å². The topological polar surface area (TPSA) is 69.2 Å². The van der Waals surface area contributed by atoms with Crippen LogP contribution in [-0.4, -0.2) is 40.6 Å². The summed E-state index contributed by atoms with van der Waals surface area (Å²) in [4.78, 5) is 21.6. The highest BCUT2D eigenvalue weighted by molar-refractivity contribution is 6.14. The van der Waals surface area contributed by atoms with Crippen molar-refractivity contribution in [1.29, 1.82) is 0 Å². The maximum Gasteiger partial charge on any atom is 0.256 e. The first-order valence-electron chi connectivity index (χ1n) is 9.85. The number of nitrogens with one attached hydrogen (secondary N) is 1. The van der Waals surface area contributed by atoms with Gasteiger partial charge < -0.3 is 15.0 Å². The molecule has 0 bridgehead atoms. The fourth-order valence-electron chi connectivity index (χ4n) is 4.14. The van der Waals surface area contributed by atoms with E-state index in [1.165, 1.54) is 0 Å². The van der Waals surface area contributed by atoms with Crippen molar-refractivity contribution >= 4 is 21.7 Å². The molecule has 0 saturated heterocycles. The van der Waals surface area contributed by atoms with Gasteiger partial charge in [-0.15, -0.1) is 0 Å². The Labute approximate surface area is 173 Å². The van der Waals surface area contributed by atoms with E-state index in [-0.39, 0.29) is 11.1 Å². The lowest BCUT2D eigenvalue weighted by Crippen LogP contribution is -2.18.